The smallest absolute Gasteiger partial charge is 0.227 e. The van der Waals surface area contributed by atoms with Crippen LogP contribution < -0.4 is 10.6 Å². The maximum absolute atomic E-state index is 12.1. The maximum Gasteiger partial charge on any atom is 0.227 e. The number of nitrogen functional groups attached to an aromatic ring is 1. The predicted octanol–water partition coefficient (Wildman–Crippen LogP) is 2.26. The molecule has 3 rings (SSSR count). The Hall–Kier alpha value is -2.36. The molecule has 1 amide bonds. The third-order valence-corrected chi connectivity index (χ3v) is 3.61. The van der Waals surface area contributed by atoms with Gasteiger partial charge in [-0.3, -0.25) is 9.78 Å². The first-order valence-electron chi connectivity index (χ1n) is 6.78. The summed E-state index contributed by atoms with van der Waals surface area (Å²) in [5, 5.41) is 0. The minimum Gasteiger partial charge on any atom is -0.399 e. The standard InChI is InChI=1S/C16H17N3O/c17-13-6-7-18-14(10-13)8-12-9-16(20)19(11-12)15-4-2-1-3-5-15/h1-7,10,12H,8-9,11H2,(H2,17,18)/t12-/m1/s1. The van der Waals surface area contributed by atoms with Crippen LogP contribution in [0.5, 0.6) is 0 Å². The number of para-hydroxylation sites is 1. The van der Waals surface area contributed by atoms with E-state index in [9.17, 15) is 4.79 Å². The molecule has 4 nitrogen and oxygen atoms in total. The zero-order valence-corrected chi connectivity index (χ0v) is 11.2. The summed E-state index contributed by atoms with van der Waals surface area (Å²) in [5.41, 5.74) is 8.41. The number of rotatable bonds is 3. The quantitative estimate of drug-likeness (QED) is 0.928. The number of nitrogens with two attached hydrogens (primary N) is 1. The van der Waals surface area contributed by atoms with Crippen molar-refractivity contribution in [3.63, 3.8) is 0 Å². The number of aromatic nitrogens is 1. The lowest BCUT2D eigenvalue weighted by molar-refractivity contribution is -0.117. The Morgan fingerprint density at radius 3 is 2.80 bits per heavy atom. The first-order chi connectivity index (χ1) is 9.72. The molecule has 1 saturated heterocycles. The second-order valence-electron chi connectivity index (χ2n) is 5.19. The molecular weight excluding hydrogens is 250 g/mol. The van der Waals surface area contributed by atoms with E-state index in [2.05, 4.69) is 4.98 Å². The summed E-state index contributed by atoms with van der Waals surface area (Å²) in [6.07, 6.45) is 3.09. The van der Waals surface area contributed by atoms with Gasteiger partial charge in [-0.1, -0.05) is 18.2 Å². The van der Waals surface area contributed by atoms with Crippen LogP contribution >= 0.6 is 0 Å². The van der Waals surface area contributed by atoms with Gasteiger partial charge in [0.2, 0.25) is 5.91 Å². The Bertz CT molecular complexity index is 612. The van der Waals surface area contributed by atoms with Crippen molar-refractivity contribution in [3.8, 4) is 0 Å². The van der Waals surface area contributed by atoms with Gasteiger partial charge < -0.3 is 10.6 Å². The van der Waals surface area contributed by atoms with Crippen molar-refractivity contribution in [2.24, 2.45) is 5.92 Å². The minimum absolute atomic E-state index is 0.185. The molecule has 1 aliphatic heterocycles. The van der Waals surface area contributed by atoms with E-state index in [0.29, 0.717) is 12.3 Å². The van der Waals surface area contributed by atoms with Crippen LogP contribution in [0, 0.1) is 5.92 Å². The molecule has 2 heterocycles. The van der Waals surface area contributed by atoms with E-state index in [1.165, 1.54) is 0 Å². The van der Waals surface area contributed by atoms with Crippen molar-refractivity contribution in [3.05, 3.63) is 54.4 Å². The molecule has 1 aliphatic rings. The molecule has 0 bridgehead atoms. The molecule has 2 aromatic rings. The van der Waals surface area contributed by atoms with Crippen molar-refractivity contribution >= 4 is 17.3 Å². The van der Waals surface area contributed by atoms with Gasteiger partial charge in [-0.25, -0.2) is 0 Å². The first-order valence-corrected chi connectivity index (χ1v) is 6.78. The second-order valence-corrected chi connectivity index (χ2v) is 5.19. The van der Waals surface area contributed by atoms with Crippen molar-refractivity contribution in [2.75, 3.05) is 17.2 Å². The number of nitrogens with zero attached hydrogens (tertiary/aromatic N) is 2. The summed E-state index contributed by atoms with van der Waals surface area (Å²) in [4.78, 5) is 18.3. The third-order valence-electron chi connectivity index (χ3n) is 3.61. The topological polar surface area (TPSA) is 59.2 Å². The van der Waals surface area contributed by atoms with E-state index < -0.39 is 0 Å². The second kappa shape index (κ2) is 5.33. The van der Waals surface area contributed by atoms with Gasteiger partial charge >= 0.3 is 0 Å². The van der Waals surface area contributed by atoms with Crippen molar-refractivity contribution in [2.45, 2.75) is 12.8 Å². The molecule has 1 aromatic carbocycles. The number of anilines is 2. The lowest BCUT2D eigenvalue weighted by Gasteiger charge is -2.16. The molecule has 2 N–H and O–H groups in total. The van der Waals surface area contributed by atoms with Crippen molar-refractivity contribution in [1.29, 1.82) is 0 Å². The summed E-state index contributed by atoms with van der Waals surface area (Å²) in [6, 6.07) is 13.5. The molecular formula is C16H17N3O. The number of amides is 1. The van der Waals surface area contributed by atoms with Gasteiger partial charge in [-0.15, -0.1) is 0 Å². The SMILES string of the molecule is Nc1ccnc(C[C@@H]2CC(=O)N(c3ccccc3)C2)c1. The fraction of sp³-hybridized carbons (Fsp3) is 0.250. The summed E-state index contributed by atoms with van der Waals surface area (Å²) in [6.45, 7) is 0.749. The molecule has 4 heteroatoms. The Kier molecular flexibility index (Phi) is 3.37. The highest BCUT2D eigenvalue weighted by Gasteiger charge is 2.30. The molecule has 0 saturated carbocycles. The van der Waals surface area contributed by atoms with Crippen molar-refractivity contribution in [1.82, 2.24) is 4.98 Å². The van der Waals surface area contributed by atoms with Gasteiger partial charge in [-0.2, -0.15) is 0 Å². The third kappa shape index (κ3) is 2.64. The van der Waals surface area contributed by atoms with Crippen molar-refractivity contribution < 1.29 is 4.79 Å². The van der Waals surface area contributed by atoms with E-state index in [-0.39, 0.29) is 5.91 Å². The molecule has 0 aliphatic carbocycles. The number of hydrogen-bond acceptors (Lipinski definition) is 3. The normalized spacial score (nSPS) is 18.5. The molecule has 0 spiro atoms. The predicted molar refractivity (Wildman–Crippen MR) is 79.3 cm³/mol. The van der Waals surface area contributed by atoms with Crippen LogP contribution in [0.25, 0.3) is 0 Å². The fourth-order valence-electron chi connectivity index (χ4n) is 2.68. The van der Waals surface area contributed by atoms with Crippen LogP contribution in [0.1, 0.15) is 12.1 Å². The Morgan fingerprint density at radius 2 is 2.05 bits per heavy atom. The average molecular weight is 267 g/mol. The molecule has 0 unspecified atom stereocenters. The summed E-state index contributed by atoms with van der Waals surface area (Å²) in [7, 11) is 0. The Morgan fingerprint density at radius 1 is 1.25 bits per heavy atom. The number of pyridine rings is 1. The molecule has 102 valence electrons. The first kappa shape index (κ1) is 12.7. The van der Waals surface area contributed by atoms with Gasteiger partial charge in [0.25, 0.3) is 0 Å². The molecule has 1 atom stereocenters. The zero-order valence-electron chi connectivity index (χ0n) is 11.2. The van der Waals surface area contributed by atoms with E-state index in [4.69, 9.17) is 5.73 Å². The van der Waals surface area contributed by atoms with Crippen LogP contribution in [0.4, 0.5) is 11.4 Å². The Balaban J connectivity index is 1.71. The molecule has 1 aromatic heterocycles. The van der Waals surface area contributed by atoms with Crippen LogP contribution in [-0.4, -0.2) is 17.4 Å². The molecule has 20 heavy (non-hydrogen) atoms. The average Bonchev–Trinajstić information content (AvgIpc) is 2.80. The van der Waals surface area contributed by atoms with Crippen LogP contribution in [0.3, 0.4) is 0 Å². The highest BCUT2D eigenvalue weighted by molar-refractivity contribution is 5.95. The fourth-order valence-corrected chi connectivity index (χ4v) is 2.68. The number of carbonyl (C=O) groups excluding carboxylic acids is 1. The van der Waals surface area contributed by atoms with E-state index in [0.717, 1.165) is 30.0 Å². The lowest BCUT2D eigenvalue weighted by atomic mass is 10.0. The van der Waals surface area contributed by atoms with Crippen LogP contribution in [0.15, 0.2) is 48.7 Å². The van der Waals surface area contributed by atoms with Gasteiger partial charge in [0.15, 0.2) is 0 Å². The van der Waals surface area contributed by atoms with Gasteiger partial charge in [0.1, 0.15) is 0 Å². The van der Waals surface area contributed by atoms with Gasteiger partial charge in [-0.05, 0) is 36.6 Å². The van der Waals surface area contributed by atoms with E-state index in [1.54, 1.807) is 12.3 Å². The minimum atomic E-state index is 0.185. The highest BCUT2D eigenvalue weighted by Crippen LogP contribution is 2.26. The summed E-state index contributed by atoms with van der Waals surface area (Å²) < 4.78 is 0. The zero-order chi connectivity index (χ0) is 13.9. The summed E-state index contributed by atoms with van der Waals surface area (Å²) in [5.74, 6) is 0.488. The monoisotopic (exact) mass is 267 g/mol. The van der Waals surface area contributed by atoms with E-state index >= 15 is 0 Å². The number of carbonyl (C=O) groups is 1. The van der Waals surface area contributed by atoms with Gasteiger partial charge in [0.05, 0.1) is 0 Å². The van der Waals surface area contributed by atoms with Gasteiger partial charge in [0, 0.05) is 36.2 Å². The van der Waals surface area contributed by atoms with E-state index in [1.807, 2.05) is 41.3 Å². The number of hydrogen-bond donors (Lipinski definition) is 1. The Labute approximate surface area is 118 Å². The van der Waals surface area contributed by atoms with Crippen LogP contribution in [0.2, 0.25) is 0 Å². The lowest BCUT2D eigenvalue weighted by Crippen LogP contribution is -2.24. The molecule has 0 radical (unpaired) electrons. The number of benzene rings is 1. The highest BCUT2D eigenvalue weighted by atomic mass is 16.2. The maximum atomic E-state index is 12.1. The molecule has 1 fully saturated rings. The van der Waals surface area contributed by atoms with Crippen LogP contribution in [-0.2, 0) is 11.2 Å². The summed E-state index contributed by atoms with van der Waals surface area (Å²) >= 11 is 0. The largest absolute Gasteiger partial charge is 0.399 e.